The smallest absolute Gasteiger partial charge is 0.391 e. The number of amides is 1. The summed E-state index contributed by atoms with van der Waals surface area (Å²) in [6.45, 7) is 4.89. The van der Waals surface area contributed by atoms with Gasteiger partial charge in [0.25, 0.3) is 0 Å². The lowest BCUT2D eigenvalue weighted by Gasteiger charge is -2.26. The van der Waals surface area contributed by atoms with Crippen LogP contribution in [0.1, 0.15) is 226 Å². The summed E-state index contributed by atoms with van der Waals surface area (Å²) in [7, 11) is 1.61. The molecule has 0 spiro atoms. The van der Waals surface area contributed by atoms with E-state index < -0.39 is 20.0 Å². The monoisotopic (exact) mass is 802 g/mol. The summed E-state index contributed by atoms with van der Waals surface area (Å²) in [5.41, 5.74) is 0. The van der Waals surface area contributed by atoms with E-state index in [0.717, 1.165) is 44.9 Å². The zero-order chi connectivity index (χ0) is 40.7. The number of nitrogens with zero attached hydrogens (tertiary/aromatic N) is 1. The summed E-state index contributed by atoms with van der Waals surface area (Å²) < 4.78 is 23.6. The van der Waals surface area contributed by atoms with Crippen LogP contribution in [-0.4, -0.2) is 73.4 Å². The molecule has 0 rings (SSSR count). The average Bonchev–Trinajstić information content (AvgIpc) is 3.13. The summed E-state index contributed by atoms with van der Waals surface area (Å²) in [5.74, 6) is -0.151. The normalized spacial score (nSPS) is 14.4. The van der Waals surface area contributed by atoms with E-state index in [-0.39, 0.29) is 19.1 Å². The number of likely N-dealkylation sites (N-methyl/N-ethyl adjacent to an activating group) is 1. The van der Waals surface area contributed by atoms with Crippen LogP contribution < -0.4 is 5.32 Å². The lowest BCUT2D eigenvalue weighted by Crippen LogP contribution is -2.46. The molecule has 0 aromatic rings. The van der Waals surface area contributed by atoms with Crippen molar-refractivity contribution in [2.24, 2.45) is 0 Å². The molecule has 0 saturated heterocycles. The number of hydrogen-bond acceptors (Lipinski definition) is 5. The molecular formula is C46H94N2O6P+. The van der Waals surface area contributed by atoms with E-state index in [0.29, 0.717) is 23.9 Å². The second-order valence-electron chi connectivity index (χ2n) is 17.5. The van der Waals surface area contributed by atoms with Gasteiger partial charge in [0.1, 0.15) is 13.2 Å². The number of rotatable bonds is 43. The van der Waals surface area contributed by atoms with Gasteiger partial charge in [-0.2, -0.15) is 0 Å². The number of quaternary nitrogens is 1. The minimum atomic E-state index is -4.32. The summed E-state index contributed by atoms with van der Waals surface area (Å²) in [6, 6.07) is -0.771. The third kappa shape index (κ3) is 41.2. The van der Waals surface area contributed by atoms with Crippen LogP contribution >= 0.6 is 7.82 Å². The number of allylic oxidation sites excluding steroid dienone is 2. The van der Waals surface area contributed by atoms with Gasteiger partial charge in [0.2, 0.25) is 5.91 Å². The Kier molecular flexibility index (Phi) is 38.2. The van der Waals surface area contributed by atoms with E-state index in [9.17, 15) is 19.4 Å². The molecule has 0 aliphatic heterocycles. The molecule has 55 heavy (non-hydrogen) atoms. The predicted molar refractivity (Wildman–Crippen MR) is 235 cm³/mol. The molecule has 0 radical (unpaired) electrons. The number of nitrogens with one attached hydrogen (secondary N) is 1. The molecule has 9 heteroatoms. The van der Waals surface area contributed by atoms with Crippen molar-refractivity contribution >= 4 is 13.7 Å². The Morgan fingerprint density at radius 1 is 0.600 bits per heavy atom. The topological polar surface area (TPSA) is 105 Å². The van der Waals surface area contributed by atoms with Crippen LogP contribution in [0.2, 0.25) is 0 Å². The first kappa shape index (κ1) is 54.2. The molecule has 0 saturated carbocycles. The molecule has 8 nitrogen and oxygen atoms in total. The first-order valence-corrected chi connectivity index (χ1v) is 25.0. The summed E-state index contributed by atoms with van der Waals surface area (Å²) in [6.07, 6.45) is 43.8. The van der Waals surface area contributed by atoms with E-state index in [1.54, 1.807) is 0 Å². The van der Waals surface area contributed by atoms with Gasteiger partial charge in [-0.25, -0.2) is 4.57 Å². The van der Waals surface area contributed by atoms with Crippen LogP contribution in [0.15, 0.2) is 12.2 Å². The highest BCUT2D eigenvalue weighted by Gasteiger charge is 2.28. The van der Waals surface area contributed by atoms with Crippen molar-refractivity contribution in [1.29, 1.82) is 0 Å². The number of aliphatic hydroxyl groups is 1. The molecular weight excluding hydrogens is 707 g/mol. The maximum atomic E-state index is 12.9. The first-order valence-electron chi connectivity index (χ1n) is 23.6. The van der Waals surface area contributed by atoms with Crippen molar-refractivity contribution in [3.63, 3.8) is 0 Å². The van der Waals surface area contributed by atoms with Gasteiger partial charge < -0.3 is 19.8 Å². The fraction of sp³-hybridized carbons (Fsp3) is 0.935. The Morgan fingerprint density at radius 3 is 1.40 bits per heavy atom. The van der Waals surface area contributed by atoms with Crippen LogP contribution in [0.5, 0.6) is 0 Å². The van der Waals surface area contributed by atoms with Gasteiger partial charge in [-0.3, -0.25) is 13.8 Å². The van der Waals surface area contributed by atoms with Gasteiger partial charge >= 0.3 is 7.82 Å². The fourth-order valence-corrected chi connectivity index (χ4v) is 7.72. The van der Waals surface area contributed by atoms with Crippen LogP contribution in [0.3, 0.4) is 0 Å². The Labute approximate surface area is 342 Å². The lowest BCUT2D eigenvalue weighted by molar-refractivity contribution is -0.870. The molecule has 3 atom stereocenters. The summed E-state index contributed by atoms with van der Waals surface area (Å²) in [4.78, 5) is 23.2. The number of carbonyl (C=O) groups is 1. The van der Waals surface area contributed by atoms with Crippen LogP contribution in [-0.2, 0) is 18.4 Å². The molecule has 0 bridgehead atoms. The highest BCUT2D eigenvalue weighted by atomic mass is 31.2. The van der Waals surface area contributed by atoms with Gasteiger partial charge in [-0.15, -0.1) is 0 Å². The summed E-state index contributed by atoms with van der Waals surface area (Å²) in [5, 5.41) is 14.0. The fourth-order valence-electron chi connectivity index (χ4n) is 6.98. The van der Waals surface area contributed by atoms with E-state index >= 15 is 0 Å². The van der Waals surface area contributed by atoms with Crippen molar-refractivity contribution in [3.05, 3.63) is 12.2 Å². The van der Waals surface area contributed by atoms with Gasteiger partial charge in [-0.1, -0.05) is 193 Å². The molecule has 0 aromatic carbocycles. The molecule has 1 unspecified atom stereocenters. The van der Waals surface area contributed by atoms with E-state index in [4.69, 9.17) is 9.05 Å². The van der Waals surface area contributed by atoms with E-state index in [1.165, 1.54) is 154 Å². The van der Waals surface area contributed by atoms with Gasteiger partial charge in [0.05, 0.1) is 39.9 Å². The minimum absolute atomic E-state index is 0.0723. The highest BCUT2D eigenvalue weighted by Crippen LogP contribution is 2.43. The standard InChI is InChI=1S/C46H93N2O6P/c1-6-8-10-12-14-16-18-20-22-24-25-27-29-31-33-35-37-39-45(49)44(43-54-55(51,52)53-42-41-48(3,4)5)47-46(50)40-38-36-34-32-30-28-26-23-21-19-17-15-13-11-9-7-2/h29,31,44-45,49H,6-28,30,32-43H2,1-5H3,(H-,47,50,51,52)/p+1/b31-29+/t44-,45+/m0/s1. The van der Waals surface area contributed by atoms with Crippen LogP contribution in [0.25, 0.3) is 0 Å². The van der Waals surface area contributed by atoms with Crippen molar-refractivity contribution in [2.75, 3.05) is 40.9 Å². The van der Waals surface area contributed by atoms with E-state index in [2.05, 4.69) is 31.3 Å². The van der Waals surface area contributed by atoms with Gasteiger partial charge in [0.15, 0.2) is 0 Å². The number of phosphoric acid groups is 1. The maximum Gasteiger partial charge on any atom is 0.472 e. The molecule has 0 aromatic heterocycles. The number of carbonyl (C=O) groups excluding carboxylic acids is 1. The number of aliphatic hydroxyl groups excluding tert-OH is 1. The number of phosphoric ester groups is 1. The molecule has 3 N–H and O–H groups in total. The maximum absolute atomic E-state index is 12.9. The minimum Gasteiger partial charge on any atom is -0.391 e. The molecule has 0 fully saturated rings. The zero-order valence-electron chi connectivity index (χ0n) is 37.2. The summed E-state index contributed by atoms with van der Waals surface area (Å²) >= 11 is 0. The Bertz CT molecular complexity index is 911. The number of hydrogen-bond donors (Lipinski definition) is 3. The molecule has 1 amide bonds. The van der Waals surface area contributed by atoms with E-state index in [1.807, 2.05) is 21.1 Å². The quantitative estimate of drug-likeness (QED) is 0.0245. The van der Waals surface area contributed by atoms with Crippen molar-refractivity contribution < 1.29 is 32.9 Å². The zero-order valence-corrected chi connectivity index (χ0v) is 38.1. The van der Waals surface area contributed by atoms with Crippen LogP contribution in [0, 0.1) is 0 Å². The number of unbranched alkanes of at least 4 members (excludes halogenated alkanes) is 28. The SMILES string of the molecule is CCCCCCCCCCCCC/C=C/CCCC[C@@H](O)[C@H](COP(=O)(O)OCC[N+](C)(C)C)NC(=O)CCCCCCCCCCCCCCCCCC. The second-order valence-corrected chi connectivity index (χ2v) is 18.9. The van der Waals surface area contributed by atoms with Crippen molar-refractivity contribution in [3.8, 4) is 0 Å². The predicted octanol–water partition coefficient (Wildman–Crippen LogP) is 13.1. The molecule has 328 valence electrons. The van der Waals surface area contributed by atoms with Gasteiger partial charge in [-0.05, 0) is 38.5 Å². The third-order valence-electron chi connectivity index (χ3n) is 10.8. The average molecular weight is 802 g/mol. The Balaban J connectivity index is 4.35. The highest BCUT2D eigenvalue weighted by molar-refractivity contribution is 7.47. The van der Waals surface area contributed by atoms with Crippen molar-refractivity contribution in [1.82, 2.24) is 5.32 Å². The molecule has 0 heterocycles. The largest absolute Gasteiger partial charge is 0.472 e. The molecule has 0 aliphatic carbocycles. The Morgan fingerprint density at radius 2 is 0.982 bits per heavy atom. The Hall–Kier alpha value is -0.760. The molecule has 0 aliphatic rings. The van der Waals surface area contributed by atoms with Crippen molar-refractivity contribution in [2.45, 2.75) is 238 Å². The second kappa shape index (κ2) is 38.7. The van der Waals surface area contributed by atoms with Gasteiger partial charge in [0, 0.05) is 6.42 Å². The lowest BCUT2D eigenvalue weighted by atomic mass is 10.0. The van der Waals surface area contributed by atoms with Crippen LogP contribution in [0.4, 0.5) is 0 Å². The first-order chi connectivity index (χ1) is 26.5. The third-order valence-corrected chi connectivity index (χ3v) is 11.7.